The third kappa shape index (κ3) is 10.1. The normalized spacial score (nSPS) is 8.91. The van der Waals surface area contributed by atoms with Crippen molar-refractivity contribution in [1.82, 2.24) is 0 Å². The van der Waals surface area contributed by atoms with Crippen LogP contribution in [0.15, 0.2) is 0 Å². The van der Waals surface area contributed by atoms with Crippen molar-refractivity contribution < 1.29 is 0 Å². The van der Waals surface area contributed by atoms with Crippen molar-refractivity contribution in [2.24, 2.45) is 0 Å². The summed E-state index contributed by atoms with van der Waals surface area (Å²) in [5.41, 5.74) is 0. The minimum atomic E-state index is 1.08. The molecule has 0 nitrogen and oxygen atoms in total. The first kappa shape index (κ1) is 11.1. The average molecular weight is 212 g/mol. The second-order valence-electron chi connectivity index (χ2n) is 2.81. The van der Waals surface area contributed by atoms with Crippen LogP contribution in [-0.4, -0.2) is 16.9 Å². The second kappa shape index (κ2) is 10.1. The van der Waals surface area contributed by atoms with Crippen LogP contribution in [0, 0.1) is 10.6 Å². The van der Waals surface area contributed by atoms with Crippen LogP contribution in [0.3, 0.4) is 0 Å². The maximum absolute atomic E-state index is 3.06. The molecule has 0 atom stereocenters. The molecule has 62 valence electrons. The van der Waals surface area contributed by atoms with Gasteiger partial charge in [0.2, 0.25) is 0 Å². The standard InChI is InChI=1S/C10H17As/c1-2-3-4-5-6-7-8-9-10-11/h2-8H2,1H3. The first-order valence-electron chi connectivity index (χ1n) is 4.53. The molecule has 0 unspecified atom stereocenters. The Morgan fingerprint density at radius 2 is 1.64 bits per heavy atom. The molecule has 0 aromatic rings. The Bertz CT molecular complexity index is 119. The van der Waals surface area contributed by atoms with Gasteiger partial charge in [0.25, 0.3) is 0 Å². The van der Waals surface area contributed by atoms with Crippen molar-refractivity contribution in [2.45, 2.75) is 51.9 Å². The topological polar surface area (TPSA) is 0 Å². The van der Waals surface area contributed by atoms with Crippen LogP contribution in [0.5, 0.6) is 0 Å². The summed E-state index contributed by atoms with van der Waals surface area (Å²) in [5.74, 6) is 3.06. The van der Waals surface area contributed by atoms with Gasteiger partial charge in [-0.2, -0.15) is 0 Å². The van der Waals surface area contributed by atoms with Crippen molar-refractivity contribution in [3.8, 4) is 10.6 Å². The van der Waals surface area contributed by atoms with E-state index in [-0.39, 0.29) is 0 Å². The van der Waals surface area contributed by atoms with Crippen molar-refractivity contribution in [3.63, 3.8) is 0 Å². The van der Waals surface area contributed by atoms with Crippen LogP contribution in [0.2, 0.25) is 0 Å². The molecule has 0 fully saturated rings. The van der Waals surface area contributed by atoms with Gasteiger partial charge in [-0.05, 0) is 0 Å². The molecule has 1 heteroatoms. The van der Waals surface area contributed by atoms with Crippen molar-refractivity contribution in [1.29, 1.82) is 0 Å². The number of hydrogen-bond donors (Lipinski definition) is 0. The quantitative estimate of drug-likeness (QED) is 0.361. The van der Waals surface area contributed by atoms with Crippen LogP contribution in [0.1, 0.15) is 51.9 Å². The fraction of sp³-hybridized carbons (Fsp3) is 0.800. The van der Waals surface area contributed by atoms with Crippen LogP contribution < -0.4 is 0 Å². The Morgan fingerprint density at radius 3 is 2.27 bits per heavy atom. The molecule has 0 spiro atoms. The molecule has 0 saturated heterocycles. The zero-order chi connectivity index (χ0) is 8.36. The Labute approximate surface area is 79.6 Å². The molecule has 0 aliphatic carbocycles. The summed E-state index contributed by atoms with van der Waals surface area (Å²) in [4.78, 5) is 0. The van der Waals surface area contributed by atoms with E-state index < -0.39 is 0 Å². The van der Waals surface area contributed by atoms with Crippen molar-refractivity contribution in [2.75, 3.05) is 0 Å². The molecule has 0 aliphatic rings. The van der Waals surface area contributed by atoms with E-state index >= 15 is 0 Å². The molecule has 0 aromatic carbocycles. The molecular weight excluding hydrogens is 195 g/mol. The van der Waals surface area contributed by atoms with E-state index in [4.69, 9.17) is 0 Å². The molecule has 0 aromatic heterocycles. The van der Waals surface area contributed by atoms with Crippen molar-refractivity contribution >= 4 is 16.9 Å². The third-order valence-corrected chi connectivity index (χ3v) is 2.07. The zero-order valence-corrected chi connectivity index (χ0v) is 9.27. The SMILES string of the molecule is CCCCCCCCC#C[As]. The average Bonchev–Trinajstić information content (AvgIpc) is 2.03. The van der Waals surface area contributed by atoms with E-state index in [0.29, 0.717) is 0 Å². The predicted octanol–water partition coefficient (Wildman–Crippen LogP) is 2.87. The molecule has 0 N–H and O–H groups in total. The van der Waals surface area contributed by atoms with Crippen LogP contribution in [0.25, 0.3) is 0 Å². The maximum atomic E-state index is 3.06. The van der Waals surface area contributed by atoms with Gasteiger partial charge in [0.1, 0.15) is 0 Å². The van der Waals surface area contributed by atoms with Crippen LogP contribution in [0.4, 0.5) is 0 Å². The summed E-state index contributed by atoms with van der Waals surface area (Å²) in [7, 11) is 0. The number of rotatable bonds is 6. The Hall–Kier alpha value is 0.118. The van der Waals surface area contributed by atoms with Gasteiger partial charge in [-0.25, -0.2) is 0 Å². The van der Waals surface area contributed by atoms with E-state index in [1.54, 1.807) is 0 Å². The summed E-state index contributed by atoms with van der Waals surface area (Å²) in [5, 5.41) is 0. The fourth-order valence-electron chi connectivity index (χ4n) is 1.05. The second-order valence-corrected chi connectivity index (χ2v) is 3.28. The zero-order valence-electron chi connectivity index (χ0n) is 7.40. The molecular formula is C10H17As. The Balaban J connectivity index is 2.83. The summed E-state index contributed by atoms with van der Waals surface area (Å²) in [6.07, 6.45) is 9.28. The monoisotopic (exact) mass is 212 g/mol. The number of unbranched alkanes of at least 4 members (excludes halogenated alkanes) is 6. The molecule has 0 amide bonds. The van der Waals surface area contributed by atoms with Gasteiger partial charge < -0.3 is 0 Å². The van der Waals surface area contributed by atoms with Gasteiger partial charge in [0, 0.05) is 0 Å². The van der Waals surface area contributed by atoms with E-state index in [1.807, 2.05) is 0 Å². The first-order chi connectivity index (χ1) is 5.41. The molecule has 0 saturated carbocycles. The van der Waals surface area contributed by atoms with Gasteiger partial charge in [0.15, 0.2) is 0 Å². The van der Waals surface area contributed by atoms with Crippen molar-refractivity contribution in [3.05, 3.63) is 0 Å². The molecule has 2 radical (unpaired) electrons. The molecule has 0 rings (SSSR count). The van der Waals surface area contributed by atoms with Gasteiger partial charge in [-0.15, -0.1) is 0 Å². The third-order valence-electron chi connectivity index (χ3n) is 1.73. The first-order valence-corrected chi connectivity index (χ1v) is 5.47. The Morgan fingerprint density at radius 1 is 1.00 bits per heavy atom. The summed E-state index contributed by atoms with van der Waals surface area (Å²) in [6, 6.07) is 0. The molecule has 0 heterocycles. The van der Waals surface area contributed by atoms with E-state index in [2.05, 4.69) is 34.4 Å². The summed E-state index contributed by atoms with van der Waals surface area (Å²) < 4.78 is 2.86. The minimum absolute atomic E-state index is 1.08. The molecule has 11 heavy (non-hydrogen) atoms. The van der Waals surface area contributed by atoms with Crippen LogP contribution >= 0.6 is 0 Å². The van der Waals surface area contributed by atoms with E-state index in [1.165, 1.54) is 38.5 Å². The van der Waals surface area contributed by atoms with Gasteiger partial charge in [0.05, 0.1) is 0 Å². The Kier molecular flexibility index (Phi) is 10.2. The number of hydrogen-bond acceptors (Lipinski definition) is 0. The van der Waals surface area contributed by atoms with E-state index in [9.17, 15) is 0 Å². The molecule has 0 bridgehead atoms. The van der Waals surface area contributed by atoms with E-state index in [0.717, 1.165) is 6.42 Å². The van der Waals surface area contributed by atoms with Gasteiger partial charge in [-0.3, -0.25) is 0 Å². The molecule has 0 aliphatic heterocycles. The summed E-state index contributed by atoms with van der Waals surface area (Å²) in [6.45, 7) is 2.25. The van der Waals surface area contributed by atoms with Gasteiger partial charge in [-0.1, -0.05) is 0 Å². The van der Waals surface area contributed by atoms with Gasteiger partial charge >= 0.3 is 79.4 Å². The predicted molar refractivity (Wildman–Crippen MR) is 51.5 cm³/mol. The summed E-state index contributed by atoms with van der Waals surface area (Å²) >= 11 is 2.30. The van der Waals surface area contributed by atoms with Crippen LogP contribution in [-0.2, 0) is 0 Å². The fourth-order valence-corrected chi connectivity index (χ4v) is 1.28.